The maximum absolute atomic E-state index is 12.9. The second-order valence-corrected chi connectivity index (χ2v) is 10.0. The van der Waals surface area contributed by atoms with Crippen molar-refractivity contribution in [3.8, 4) is 0 Å². The molecular formula is C20H26N2O3S2. The van der Waals surface area contributed by atoms with E-state index in [9.17, 15) is 13.2 Å². The molecule has 0 atom stereocenters. The number of carbonyl (C=O) groups is 1. The molecule has 0 radical (unpaired) electrons. The van der Waals surface area contributed by atoms with Gasteiger partial charge in [-0.15, -0.1) is 11.3 Å². The molecule has 1 aromatic carbocycles. The van der Waals surface area contributed by atoms with Crippen LogP contribution in [0.4, 0.5) is 5.69 Å². The van der Waals surface area contributed by atoms with Gasteiger partial charge in [0.2, 0.25) is 10.0 Å². The van der Waals surface area contributed by atoms with E-state index in [1.165, 1.54) is 17.4 Å². The van der Waals surface area contributed by atoms with Crippen molar-refractivity contribution >= 4 is 33.0 Å². The van der Waals surface area contributed by atoms with Gasteiger partial charge in [-0.2, -0.15) is 4.31 Å². The fourth-order valence-electron chi connectivity index (χ4n) is 3.56. The highest BCUT2D eigenvalue weighted by Gasteiger charge is 2.27. The molecule has 0 saturated carbocycles. The quantitative estimate of drug-likeness (QED) is 0.813. The summed E-state index contributed by atoms with van der Waals surface area (Å²) in [6, 6.07) is 5.54. The lowest BCUT2D eigenvalue weighted by atomic mass is 10.1. The van der Waals surface area contributed by atoms with Gasteiger partial charge in [0.15, 0.2) is 0 Å². The van der Waals surface area contributed by atoms with Crippen molar-refractivity contribution in [1.82, 2.24) is 4.31 Å². The van der Waals surface area contributed by atoms with Gasteiger partial charge in [0, 0.05) is 24.2 Å². The third-order valence-electron chi connectivity index (χ3n) is 4.92. The molecule has 0 aliphatic carbocycles. The minimum Gasteiger partial charge on any atom is -0.321 e. The number of nitrogens with one attached hydrogen (secondary N) is 1. The zero-order valence-electron chi connectivity index (χ0n) is 16.0. The van der Waals surface area contributed by atoms with E-state index in [4.69, 9.17) is 0 Å². The molecule has 1 aliphatic rings. The summed E-state index contributed by atoms with van der Waals surface area (Å²) in [5.74, 6) is -0.271. The predicted octanol–water partition coefficient (Wildman–Crippen LogP) is 4.49. The molecule has 1 amide bonds. The third-order valence-corrected chi connectivity index (χ3v) is 7.87. The van der Waals surface area contributed by atoms with Gasteiger partial charge < -0.3 is 5.32 Å². The Morgan fingerprint density at radius 3 is 2.19 bits per heavy atom. The summed E-state index contributed by atoms with van der Waals surface area (Å²) in [6.45, 7) is 7.05. The topological polar surface area (TPSA) is 66.5 Å². The van der Waals surface area contributed by atoms with Gasteiger partial charge in [0.1, 0.15) is 0 Å². The van der Waals surface area contributed by atoms with E-state index in [1.54, 1.807) is 9.69 Å². The molecule has 0 bridgehead atoms. The molecule has 0 unspecified atom stereocenters. The second kappa shape index (κ2) is 8.12. The Labute approximate surface area is 165 Å². The van der Waals surface area contributed by atoms with Crippen LogP contribution in [0.15, 0.2) is 28.5 Å². The van der Waals surface area contributed by atoms with Crippen LogP contribution in [0.2, 0.25) is 0 Å². The molecule has 0 spiro atoms. The van der Waals surface area contributed by atoms with Crippen molar-refractivity contribution in [3.63, 3.8) is 0 Å². The average molecular weight is 407 g/mol. The van der Waals surface area contributed by atoms with Crippen molar-refractivity contribution in [2.45, 2.75) is 51.3 Å². The number of anilines is 1. The molecule has 27 heavy (non-hydrogen) atoms. The van der Waals surface area contributed by atoms with Gasteiger partial charge >= 0.3 is 0 Å². The SMILES string of the molecule is Cc1cc(C)c(NC(=O)c2cc(S(=O)(=O)N3CCCCCC3)cs2)c(C)c1. The molecule has 7 heteroatoms. The lowest BCUT2D eigenvalue weighted by Gasteiger charge is -2.18. The van der Waals surface area contributed by atoms with E-state index in [2.05, 4.69) is 5.32 Å². The normalized spacial score (nSPS) is 16.1. The number of carbonyl (C=O) groups excluding carboxylic acids is 1. The van der Waals surface area contributed by atoms with E-state index in [-0.39, 0.29) is 10.8 Å². The van der Waals surface area contributed by atoms with E-state index >= 15 is 0 Å². The average Bonchev–Trinajstić information content (AvgIpc) is 2.94. The van der Waals surface area contributed by atoms with Gasteiger partial charge in [-0.25, -0.2) is 8.42 Å². The summed E-state index contributed by atoms with van der Waals surface area (Å²) in [7, 11) is -3.53. The van der Waals surface area contributed by atoms with Crippen molar-refractivity contribution in [2.24, 2.45) is 0 Å². The van der Waals surface area contributed by atoms with Crippen molar-refractivity contribution < 1.29 is 13.2 Å². The molecule has 1 fully saturated rings. The lowest BCUT2D eigenvalue weighted by molar-refractivity contribution is 0.103. The smallest absolute Gasteiger partial charge is 0.265 e. The standard InChI is InChI=1S/C20H26N2O3S2/c1-14-10-15(2)19(16(3)11-14)21-20(23)18-12-17(13-26-18)27(24,25)22-8-6-4-5-7-9-22/h10-13H,4-9H2,1-3H3,(H,21,23). The van der Waals surface area contributed by atoms with Gasteiger partial charge in [0.05, 0.1) is 9.77 Å². The number of benzene rings is 1. The molecule has 1 aliphatic heterocycles. The molecule has 3 rings (SSSR count). The first-order valence-corrected chi connectivity index (χ1v) is 11.6. The molecule has 146 valence electrons. The largest absolute Gasteiger partial charge is 0.321 e. The van der Waals surface area contributed by atoms with E-state index in [1.807, 2.05) is 32.9 Å². The molecule has 1 saturated heterocycles. The Morgan fingerprint density at radius 1 is 1.00 bits per heavy atom. The van der Waals surface area contributed by atoms with Crippen molar-refractivity contribution in [1.29, 1.82) is 0 Å². The van der Waals surface area contributed by atoms with Crippen LogP contribution in [0, 0.1) is 20.8 Å². The minimum absolute atomic E-state index is 0.219. The number of hydrogen-bond acceptors (Lipinski definition) is 4. The summed E-state index contributed by atoms with van der Waals surface area (Å²) < 4.78 is 27.3. The first-order valence-electron chi connectivity index (χ1n) is 9.27. The Bertz CT molecular complexity index is 917. The monoisotopic (exact) mass is 406 g/mol. The third kappa shape index (κ3) is 4.42. The van der Waals surface area contributed by atoms with E-state index in [0.717, 1.165) is 48.1 Å². The second-order valence-electron chi connectivity index (χ2n) is 7.19. The summed E-state index contributed by atoms with van der Waals surface area (Å²) in [5, 5.41) is 4.51. The highest BCUT2D eigenvalue weighted by molar-refractivity contribution is 7.89. The van der Waals surface area contributed by atoms with E-state index in [0.29, 0.717) is 18.0 Å². The fraction of sp³-hybridized carbons (Fsp3) is 0.450. The Balaban J connectivity index is 1.80. The van der Waals surface area contributed by atoms with Crippen LogP contribution in [0.25, 0.3) is 0 Å². The van der Waals surface area contributed by atoms with Gasteiger partial charge in [0.25, 0.3) is 5.91 Å². The maximum atomic E-state index is 12.9. The number of hydrogen-bond donors (Lipinski definition) is 1. The summed E-state index contributed by atoms with van der Waals surface area (Å²) >= 11 is 1.17. The Morgan fingerprint density at radius 2 is 1.59 bits per heavy atom. The van der Waals surface area contributed by atoms with Crippen molar-refractivity contribution in [3.05, 3.63) is 45.1 Å². The minimum atomic E-state index is -3.53. The van der Waals surface area contributed by atoms with Crippen LogP contribution in [-0.2, 0) is 10.0 Å². The molecule has 5 nitrogen and oxygen atoms in total. The first-order chi connectivity index (χ1) is 12.8. The number of sulfonamides is 1. The van der Waals surface area contributed by atoms with Crippen LogP contribution in [0.1, 0.15) is 52.0 Å². The number of aryl methyl sites for hydroxylation is 3. The fourth-order valence-corrected chi connectivity index (χ4v) is 6.23. The number of rotatable bonds is 4. The molecule has 2 heterocycles. The zero-order chi connectivity index (χ0) is 19.6. The van der Waals surface area contributed by atoms with Crippen LogP contribution in [-0.4, -0.2) is 31.7 Å². The molecular weight excluding hydrogens is 380 g/mol. The van der Waals surface area contributed by atoms with Gasteiger partial charge in [-0.05, 0) is 50.8 Å². The van der Waals surface area contributed by atoms with Crippen molar-refractivity contribution in [2.75, 3.05) is 18.4 Å². The van der Waals surface area contributed by atoms with Crippen LogP contribution in [0.3, 0.4) is 0 Å². The summed E-state index contributed by atoms with van der Waals surface area (Å²) in [6.07, 6.45) is 3.92. The predicted molar refractivity (Wildman–Crippen MR) is 110 cm³/mol. The molecule has 2 aromatic rings. The summed E-state index contributed by atoms with van der Waals surface area (Å²) in [4.78, 5) is 13.3. The Kier molecular flexibility index (Phi) is 6.03. The number of nitrogens with zero attached hydrogens (tertiary/aromatic N) is 1. The van der Waals surface area contributed by atoms with Crippen LogP contribution >= 0.6 is 11.3 Å². The highest BCUT2D eigenvalue weighted by Crippen LogP contribution is 2.27. The summed E-state index contributed by atoms with van der Waals surface area (Å²) in [5.41, 5.74) is 3.92. The Hall–Kier alpha value is -1.70. The molecule has 1 aromatic heterocycles. The number of thiophene rings is 1. The van der Waals surface area contributed by atoms with E-state index < -0.39 is 10.0 Å². The maximum Gasteiger partial charge on any atom is 0.265 e. The molecule has 1 N–H and O–H groups in total. The van der Waals surface area contributed by atoms with Gasteiger partial charge in [-0.1, -0.05) is 30.5 Å². The van der Waals surface area contributed by atoms with Crippen LogP contribution < -0.4 is 5.32 Å². The zero-order valence-corrected chi connectivity index (χ0v) is 17.7. The lowest BCUT2D eigenvalue weighted by Crippen LogP contribution is -2.31. The number of amides is 1. The van der Waals surface area contributed by atoms with Gasteiger partial charge in [-0.3, -0.25) is 4.79 Å². The first kappa shape index (κ1) is 20.0. The highest BCUT2D eigenvalue weighted by atomic mass is 32.2. The van der Waals surface area contributed by atoms with Crippen LogP contribution in [0.5, 0.6) is 0 Å².